The van der Waals surface area contributed by atoms with Crippen LogP contribution in [-0.2, 0) is 4.74 Å². The van der Waals surface area contributed by atoms with Crippen molar-refractivity contribution in [3.63, 3.8) is 0 Å². The number of benzene rings is 1. The third kappa shape index (κ3) is 6.55. The van der Waals surface area contributed by atoms with Crippen molar-refractivity contribution in [3.8, 4) is 17.6 Å². The standard InChI is InChI=1S/C30H37FN6O3/c1-6-27-24(34-29-26(10-8-15-37(27)29)33-23-13-16-35(2)20-22(23)31)9-7-14-32-25-12-11-21(19-28(25)40-5)30(38)36(3)17-18-39-4/h6,8,10-12,15,19,22-23,32-33H,1,13-14,16-18,20H2,2-5H3/t22-,23+/m0/s1. The number of aromatic nitrogens is 2. The number of ether oxygens (including phenoxy) is 2. The molecule has 1 amide bonds. The van der Waals surface area contributed by atoms with Crippen LogP contribution in [0.15, 0.2) is 43.1 Å². The fourth-order valence-electron chi connectivity index (χ4n) is 4.69. The Morgan fingerprint density at radius 2 is 2.15 bits per heavy atom. The van der Waals surface area contributed by atoms with Gasteiger partial charge < -0.3 is 29.9 Å². The van der Waals surface area contributed by atoms with Crippen molar-refractivity contribution in [1.29, 1.82) is 0 Å². The second-order valence-electron chi connectivity index (χ2n) is 9.77. The van der Waals surface area contributed by atoms with Crippen molar-refractivity contribution >= 4 is 29.0 Å². The fourth-order valence-corrected chi connectivity index (χ4v) is 4.69. The van der Waals surface area contributed by atoms with Crippen molar-refractivity contribution < 1.29 is 18.7 Å². The minimum Gasteiger partial charge on any atom is -0.495 e. The van der Waals surface area contributed by atoms with Gasteiger partial charge in [-0.15, -0.1) is 0 Å². The molecule has 0 bridgehead atoms. The van der Waals surface area contributed by atoms with E-state index < -0.39 is 6.17 Å². The first-order valence-corrected chi connectivity index (χ1v) is 13.2. The lowest BCUT2D eigenvalue weighted by molar-refractivity contribution is 0.0744. The topological polar surface area (TPSA) is 83.4 Å². The molecule has 0 unspecified atom stereocenters. The Kier molecular flexibility index (Phi) is 9.64. The number of anilines is 2. The highest BCUT2D eigenvalue weighted by molar-refractivity contribution is 5.95. The fraction of sp³-hybridized carbons (Fsp3) is 0.400. The zero-order valence-corrected chi connectivity index (χ0v) is 23.5. The van der Waals surface area contributed by atoms with E-state index in [-0.39, 0.29) is 11.9 Å². The minimum absolute atomic E-state index is 0.114. The molecule has 2 aromatic heterocycles. The molecule has 2 N–H and O–H groups in total. The number of likely N-dealkylation sites (tertiary alicyclic amines) is 1. The lowest BCUT2D eigenvalue weighted by atomic mass is 10.0. The molecule has 212 valence electrons. The summed E-state index contributed by atoms with van der Waals surface area (Å²) in [6, 6.07) is 8.81. The highest BCUT2D eigenvalue weighted by Crippen LogP contribution is 2.27. The van der Waals surface area contributed by atoms with E-state index in [0.717, 1.165) is 30.0 Å². The smallest absolute Gasteiger partial charge is 0.253 e. The van der Waals surface area contributed by atoms with Gasteiger partial charge in [-0.05, 0) is 55.8 Å². The van der Waals surface area contributed by atoms with E-state index in [1.807, 2.05) is 34.7 Å². The molecule has 3 aromatic rings. The van der Waals surface area contributed by atoms with Gasteiger partial charge in [0.15, 0.2) is 5.65 Å². The van der Waals surface area contributed by atoms with Gasteiger partial charge >= 0.3 is 0 Å². The van der Waals surface area contributed by atoms with Crippen molar-refractivity contribution in [3.05, 3.63) is 60.1 Å². The Labute approximate surface area is 235 Å². The summed E-state index contributed by atoms with van der Waals surface area (Å²) >= 11 is 0. The molecule has 1 aromatic carbocycles. The quantitative estimate of drug-likeness (QED) is 0.375. The Balaban J connectivity index is 1.48. The highest BCUT2D eigenvalue weighted by Gasteiger charge is 2.28. The number of alkyl halides is 1. The van der Waals surface area contributed by atoms with E-state index in [2.05, 4.69) is 29.1 Å². The van der Waals surface area contributed by atoms with Gasteiger partial charge in [0.2, 0.25) is 0 Å². The Morgan fingerprint density at radius 1 is 1.32 bits per heavy atom. The van der Waals surface area contributed by atoms with Crippen LogP contribution >= 0.6 is 0 Å². The average Bonchev–Trinajstić information content (AvgIpc) is 3.33. The Morgan fingerprint density at radius 3 is 2.88 bits per heavy atom. The van der Waals surface area contributed by atoms with Gasteiger partial charge in [0, 0.05) is 45.6 Å². The summed E-state index contributed by atoms with van der Waals surface area (Å²) in [6.07, 6.45) is 3.38. The number of imidazole rings is 1. The number of pyridine rings is 1. The van der Waals surface area contributed by atoms with Gasteiger partial charge in [-0.1, -0.05) is 12.5 Å². The number of hydrogen-bond donors (Lipinski definition) is 2. The number of carbonyl (C=O) groups is 1. The largest absolute Gasteiger partial charge is 0.495 e. The van der Waals surface area contributed by atoms with Crippen LogP contribution < -0.4 is 15.4 Å². The van der Waals surface area contributed by atoms with Gasteiger partial charge in [0.25, 0.3) is 5.91 Å². The first kappa shape index (κ1) is 28.9. The van der Waals surface area contributed by atoms with E-state index in [1.165, 1.54) is 0 Å². The number of likely N-dealkylation sites (N-methyl/N-ethyl adjacent to an activating group) is 1. The highest BCUT2D eigenvalue weighted by atomic mass is 19.1. The first-order chi connectivity index (χ1) is 19.4. The second-order valence-corrected chi connectivity index (χ2v) is 9.77. The van der Waals surface area contributed by atoms with Crippen LogP contribution in [-0.4, -0.2) is 98.4 Å². The van der Waals surface area contributed by atoms with Crippen LogP contribution in [0.5, 0.6) is 5.75 Å². The summed E-state index contributed by atoms with van der Waals surface area (Å²) in [7, 11) is 6.83. The minimum atomic E-state index is -0.959. The van der Waals surface area contributed by atoms with E-state index in [0.29, 0.717) is 48.9 Å². The van der Waals surface area contributed by atoms with Crippen LogP contribution in [0.1, 0.15) is 28.2 Å². The van der Waals surface area contributed by atoms with Gasteiger partial charge in [-0.3, -0.25) is 9.20 Å². The molecule has 9 nitrogen and oxygen atoms in total. The molecule has 0 radical (unpaired) electrons. The van der Waals surface area contributed by atoms with Crippen molar-refractivity contribution in [2.24, 2.45) is 0 Å². The predicted molar refractivity (Wildman–Crippen MR) is 157 cm³/mol. The van der Waals surface area contributed by atoms with Crippen LogP contribution in [0.2, 0.25) is 0 Å². The molecule has 1 fully saturated rings. The molecule has 2 atom stereocenters. The molecule has 0 saturated carbocycles. The molecule has 4 rings (SSSR count). The molecule has 1 aliphatic rings. The average molecular weight is 549 g/mol. The summed E-state index contributed by atoms with van der Waals surface area (Å²) in [4.78, 5) is 21.0. The third-order valence-electron chi connectivity index (χ3n) is 6.97. The van der Waals surface area contributed by atoms with Crippen LogP contribution in [0, 0.1) is 11.8 Å². The summed E-state index contributed by atoms with van der Waals surface area (Å²) in [5.74, 6) is 6.68. The summed E-state index contributed by atoms with van der Waals surface area (Å²) in [5.41, 5.74) is 4.04. The SMILES string of the molecule is C=Cc1c(C#CCNc2ccc(C(=O)N(C)CCOC)cc2OC)nc2c(N[C@@H]3CCN(C)C[C@@H]3F)cccn12. The van der Waals surface area contributed by atoms with Crippen molar-refractivity contribution in [2.75, 3.05) is 71.7 Å². The number of amides is 1. The monoisotopic (exact) mass is 548 g/mol. The zero-order chi connectivity index (χ0) is 28.6. The van der Waals surface area contributed by atoms with Gasteiger partial charge in [0.05, 0.1) is 43.4 Å². The molecule has 0 aliphatic carbocycles. The van der Waals surface area contributed by atoms with Gasteiger partial charge in [0.1, 0.15) is 17.6 Å². The number of methoxy groups -OCH3 is 2. The Bertz CT molecular complexity index is 1410. The number of nitrogens with one attached hydrogen (secondary N) is 2. The number of fused-ring (bicyclic) bond motifs is 1. The first-order valence-electron chi connectivity index (χ1n) is 13.2. The predicted octanol–water partition coefficient (Wildman–Crippen LogP) is 3.62. The normalized spacial score (nSPS) is 17.1. The van der Waals surface area contributed by atoms with E-state index >= 15 is 0 Å². The molecule has 1 saturated heterocycles. The number of piperidine rings is 1. The second kappa shape index (κ2) is 13.3. The molecule has 40 heavy (non-hydrogen) atoms. The summed E-state index contributed by atoms with van der Waals surface area (Å²) in [5, 5.41) is 6.61. The van der Waals surface area contributed by atoms with E-state index in [4.69, 9.17) is 14.5 Å². The van der Waals surface area contributed by atoms with Crippen LogP contribution in [0.3, 0.4) is 0 Å². The summed E-state index contributed by atoms with van der Waals surface area (Å²) < 4.78 is 27.1. The number of halogens is 1. The van der Waals surface area contributed by atoms with Crippen LogP contribution in [0.4, 0.5) is 15.8 Å². The number of rotatable bonds is 10. The lowest BCUT2D eigenvalue weighted by Crippen LogP contribution is -2.46. The molecule has 3 heterocycles. The van der Waals surface area contributed by atoms with Gasteiger partial charge in [-0.25, -0.2) is 9.37 Å². The van der Waals surface area contributed by atoms with E-state index in [9.17, 15) is 9.18 Å². The molecule has 10 heteroatoms. The lowest BCUT2D eigenvalue weighted by Gasteiger charge is -2.33. The Hall–Kier alpha value is -4.07. The maximum Gasteiger partial charge on any atom is 0.253 e. The van der Waals surface area contributed by atoms with Gasteiger partial charge in [-0.2, -0.15) is 0 Å². The summed E-state index contributed by atoms with van der Waals surface area (Å²) in [6.45, 7) is 6.48. The van der Waals surface area contributed by atoms with Crippen LogP contribution in [0.25, 0.3) is 11.7 Å². The number of hydrogen-bond acceptors (Lipinski definition) is 7. The maximum atomic E-state index is 14.7. The maximum absolute atomic E-state index is 14.7. The van der Waals surface area contributed by atoms with E-state index in [1.54, 1.807) is 50.4 Å². The zero-order valence-electron chi connectivity index (χ0n) is 23.5. The number of nitrogens with zero attached hydrogens (tertiary/aromatic N) is 4. The third-order valence-corrected chi connectivity index (χ3v) is 6.97. The molecule has 1 aliphatic heterocycles. The molecular formula is C30H37FN6O3. The molecule has 0 spiro atoms. The van der Waals surface area contributed by atoms with Crippen molar-refractivity contribution in [1.82, 2.24) is 19.2 Å². The molecular weight excluding hydrogens is 511 g/mol. The number of carbonyl (C=O) groups excluding carboxylic acids is 1. The van der Waals surface area contributed by atoms with Crippen molar-refractivity contribution in [2.45, 2.75) is 18.6 Å².